The zero-order chi connectivity index (χ0) is 14.5. The summed E-state index contributed by atoms with van der Waals surface area (Å²) in [6, 6.07) is 8.43. The maximum atomic E-state index is 6.11. The Balaban J connectivity index is 1.64. The van der Waals surface area contributed by atoms with Crippen LogP contribution < -0.4 is 14.8 Å². The Bertz CT molecular complexity index is 579. The van der Waals surface area contributed by atoms with Gasteiger partial charge in [0, 0.05) is 12.1 Å². The number of methoxy groups -OCH3 is 1. The van der Waals surface area contributed by atoms with Crippen molar-refractivity contribution in [1.29, 1.82) is 0 Å². The highest BCUT2D eigenvalue weighted by Gasteiger charge is 2.17. The first-order valence-electron chi connectivity index (χ1n) is 7.30. The van der Waals surface area contributed by atoms with Crippen LogP contribution in [0.2, 0.25) is 0 Å². The number of H-pyrrole nitrogens is 1. The molecule has 3 rings (SSSR count). The third-order valence-corrected chi connectivity index (χ3v) is 3.66. The summed E-state index contributed by atoms with van der Waals surface area (Å²) in [7, 11) is 1.54. The number of nitrogens with zero attached hydrogens (tertiary/aromatic N) is 2. The molecule has 2 N–H and O–H groups in total. The monoisotopic (exact) mass is 288 g/mol. The molecule has 1 fully saturated rings. The molecular weight excluding hydrogens is 268 g/mol. The van der Waals surface area contributed by atoms with Crippen LogP contribution in [0.25, 0.3) is 0 Å². The van der Waals surface area contributed by atoms with E-state index in [4.69, 9.17) is 9.47 Å². The van der Waals surface area contributed by atoms with E-state index >= 15 is 0 Å². The van der Waals surface area contributed by atoms with Gasteiger partial charge in [-0.1, -0.05) is 18.2 Å². The minimum Gasteiger partial charge on any atom is -0.490 e. The first kappa shape index (κ1) is 13.7. The Hall–Kier alpha value is -2.24. The van der Waals surface area contributed by atoms with Crippen LogP contribution in [0, 0.1) is 0 Å². The molecule has 1 aromatic heterocycles. The van der Waals surface area contributed by atoms with Gasteiger partial charge >= 0.3 is 6.01 Å². The molecule has 0 aliphatic heterocycles. The van der Waals surface area contributed by atoms with Crippen molar-refractivity contribution in [2.45, 2.75) is 38.3 Å². The quantitative estimate of drug-likeness (QED) is 0.855. The molecule has 2 aromatic rings. The van der Waals surface area contributed by atoms with Gasteiger partial charge in [0.25, 0.3) is 0 Å². The van der Waals surface area contributed by atoms with E-state index in [-0.39, 0.29) is 0 Å². The van der Waals surface area contributed by atoms with Crippen molar-refractivity contribution >= 4 is 5.95 Å². The van der Waals surface area contributed by atoms with Crippen LogP contribution in [0.4, 0.5) is 5.95 Å². The number of rotatable bonds is 6. The predicted octanol–water partition coefficient (Wildman–Crippen LogP) is 2.75. The molecule has 1 heterocycles. The van der Waals surface area contributed by atoms with E-state index in [1.807, 2.05) is 18.2 Å². The number of ether oxygens (including phenoxy) is 2. The lowest BCUT2D eigenvalue weighted by molar-refractivity contribution is 0.208. The summed E-state index contributed by atoms with van der Waals surface area (Å²) in [4.78, 5) is 4.14. The number of benzene rings is 1. The van der Waals surface area contributed by atoms with Gasteiger partial charge in [-0.25, -0.2) is 5.10 Å². The van der Waals surface area contributed by atoms with Crippen molar-refractivity contribution in [3.05, 3.63) is 29.8 Å². The number of anilines is 1. The van der Waals surface area contributed by atoms with Gasteiger partial charge in [0.2, 0.25) is 5.95 Å². The number of aromatic nitrogens is 3. The largest absolute Gasteiger partial charge is 0.490 e. The third-order valence-electron chi connectivity index (χ3n) is 3.66. The van der Waals surface area contributed by atoms with Crippen molar-refractivity contribution in [2.24, 2.45) is 0 Å². The van der Waals surface area contributed by atoms with Gasteiger partial charge in [0.1, 0.15) is 5.75 Å². The summed E-state index contributed by atoms with van der Waals surface area (Å²) in [5.41, 5.74) is 1.11. The summed E-state index contributed by atoms with van der Waals surface area (Å²) >= 11 is 0. The van der Waals surface area contributed by atoms with Gasteiger partial charge in [-0.2, -0.15) is 4.98 Å². The van der Waals surface area contributed by atoms with Gasteiger partial charge < -0.3 is 14.8 Å². The predicted molar refractivity (Wildman–Crippen MR) is 79.6 cm³/mol. The van der Waals surface area contributed by atoms with Crippen LogP contribution in [0.15, 0.2) is 24.3 Å². The maximum absolute atomic E-state index is 6.11. The normalized spacial score (nSPS) is 15.1. The molecule has 0 atom stereocenters. The Kier molecular flexibility index (Phi) is 4.23. The van der Waals surface area contributed by atoms with Crippen molar-refractivity contribution in [3.63, 3.8) is 0 Å². The first-order valence-corrected chi connectivity index (χ1v) is 7.30. The van der Waals surface area contributed by atoms with Gasteiger partial charge in [0.05, 0.1) is 13.2 Å². The minimum atomic E-state index is 0.327. The summed E-state index contributed by atoms with van der Waals surface area (Å²) < 4.78 is 11.1. The first-order chi connectivity index (χ1) is 10.3. The van der Waals surface area contributed by atoms with Crippen LogP contribution in [-0.4, -0.2) is 28.4 Å². The average Bonchev–Trinajstić information content (AvgIpc) is 3.17. The van der Waals surface area contributed by atoms with Crippen LogP contribution in [0.3, 0.4) is 0 Å². The Morgan fingerprint density at radius 3 is 2.86 bits per heavy atom. The topological polar surface area (TPSA) is 72.1 Å². The summed E-state index contributed by atoms with van der Waals surface area (Å²) in [6.45, 7) is 0.626. The van der Waals surface area contributed by atoms with E-state index in [0.717, 1.165) is 24.2 Å². The van der Waals surface area contributed by atoms with Crippen molar-refractivity contribution in [1.82, 2.24) is 15.2 Å². The van der Waals surface area contributed by atoms with Crippen LogP contribution >= 0.6 is 0 Å². The Morgan fingerprint density at radius 2 is 2.10 bits per heavy atom. The van der Waals surface area contributed by atoms with Gasteiger partial charge in [-0.15, -0.1) is 5.10 Å². The zero-order valence-electron chi connectivity index (χ0n) is 12.1. The van der Waals surface area contributed by atoms with Crippen molar-refractivity contribution < 1.29 is 9.47 Å². The van der Waals surface area contributed by atoms with Crippen LogP contribution in [0.1, 0.15) is 31.2 Å². The zero-order valence-corrected chi connectivity index (χ0v) is 12.1. The fraction of sp³-hybridized carbons (Fsp3) is 0.467. The van der Waals surface area contributed by atoms with Gasteiger partial charge in [-0.3, -0.25) is 0 Å². The summed E-state index contributed by atoms with van der Waals surface area (Å²) in [5.74, 6) is 1.53. The SMILES string of the molecule is COc1n[nH]c(NCc2ccccc2OC2CCCC2)n1. The summed E-state index contributed by atoms with van der Waals surface area (Å²) in [6.07, 6.45) is 5.20. The molecule has 1 aliphatic rings. The molecule has 1 aliphatic carbocycles. The molecule has 0 bridgehead atoms. The number of hydrogen-bond donors (Lipinski definition) is 2. The highest BCUT2D eigenvalue weighted by atomic mass is 16.5. The van der Waals surface area contributed by atoms with E-state index in [1.165, 1.54) is 20.0 Å². The van der Waals surface area contributed by atoms with Crippen molar-refractivity contribution in [3.8, 4) is 11.8 Å². The molecule has 1 saturated carbocycles. The highest BCUT2D eigenvalue weighted by Crippen LogP contribution is 2.27. The Labute approximate surface area is 123 Å². The Morgan fingerprint density at radius 1 is 1.29 bits per heavy atom. The molecular formula is C15H20N4O2. The number of hydrogen-bond acceptors (Lipinski definition) is 5. The molecule has 0 unspecified atom stereocenters. The van der Waals surface area contributed by atoms with Crippen LogP contribution in [-0.2, 0) is 6.54 Å². The molecule has 0 radical (unpaired) electrons. The molecule has 0 saturated heterocycles. The third kappa shape index (κ3) is 3.45. The van der Waals surface area contributed by atoms with Gasteiger partial charge in [-0.05, 0) is 31.7 Å². The van der Waals surface area contributed by atoms with E-state index in [1.54, 1.807) is 0 Å². The lowest BCUT2D eigenvalue weighted by Gasteiger charge is -2.16. The number of aromatic amines is 1. The van der Waals surface area contributed by atoms with E-state index in [0.29, 0.717) is 24.6 Å². The lowest BCUT2D eigenvalue weighted by atomic mass is 10.2. The molecule has 0 amide bonds. The fourth-order valence-electron chi connectivity index (χ4n) is 2.55. The van der Waals surface area contributed by atoms with Gasteiger partial charge in [0.15, 0.2) is 0 Å². The molecule has 21 heavy (non-hydrogen) atoms. The molecule has 1 aromatic carbocycles. The molecule has 6 nitrogen and oxygen atoms in total. The maximum Gasteiger partial charge on any atom is 0.336 e. The van der Waals surface area contributed by atoms with E-state index < -0.39 is 0 Å². The second-order valence-corrected chi connectivity index (χ2v) is 5.16. The van der Waals surface area contributed by atoms with E-state index in [2.05, 4.69) is 26.6 Å². The molecule has 6 heteroatoms. The highest BCUT2D eigenvalue weighted by molar-refractivity contribution is 5.37. The lowest BCUT2D eigenvalue weighted by Crippen LogP contribution is -2.13. The van der Waals surface area contributed by atoms with Crippen LogP contribution in [0.5, 0.6) is 11.8 Å². The second kappa shape index (κ2) is 6.47. The molecule has 0 spiro atoms. The molecule has 112 valence electrons. The fourth-order valence-corrected chi connectivity index (χ4v) is 2.55. The smallest absolute Gasteiger partial charge is 0.336 e. The minimum absolute atomic E-state index is 0.327. The second-order valence-electron chi connectivity index (χ2n) is 5.16. The number of para-hydroxylation sites is 1. The average molecular weight is 288 g/mol. The van der Waals surface area contributed by atoms with Crippen molar-refractivity contribution in [2.75, 3.05) is 12.4 Å². The number of nitrogens with one attached hydrogen (secondary N) is 2. The van der Waals surface area contributed by atoms with E-state index in [9.17, 15) is 0 Å². The standard InChI is InChI=1S/C15H20N4O2/c1-20-15-17-14(18-19-15)16-10-11-6-2-5-9-13(11)21-12-7-3-4-8-12/h2,5-6,9,12H,3-4,7-8,10H2,1H3,(H2,16,17,18,19). The summed E-state index contributed by atoms with van der Waals surface area (Å²) in [5, 5.41) is 9.87.